The highest BCUT2D eigenvalue weighted by Gasteiger charge is 2.26. The number of hydrogen-bond acceptors (Lipinski definition) is 3. The van der Waals surface area contributed by atoms with Gasteiger partial charge in [0.05, 0.1) is 11.7 Å². The van der Waals surface area contributed by atoms with Crippen LogP contribution in [0.3, 0.4) is 0 Å². The Balaban J connectivity index is 1.83. The monoisotopic (exact) mass is 355 g/mol. The van der Waals surface area contributed by atoms with E-state index in [4.69, 9.17) is 5.73 Å². The lowest BCUT2D eigenvalue weighted by atomic mass is 9.88. The summed E-state index contributed by atoms with van der Waals surface area (Å²) in [6.45, 7) is 0. The van der Waals surface area contributed by atoms with Crippen molar-refractivity contribution in [3.8, 4) is 0 Å². The lowest BCUT2D eigenvalue weighted by Crippen LogP contribution is -2.41. The molecular formula is C20H19F2N3O. The standard InChI is InChI=1S/C20H19F2N3O/c21-14-9-10-19(16(22)11-14)24-17-7-4-8-18(15(17)12-23)25-20(26)13-5-2-1-3-6-13/h1-3,5-6,9-12,18H,4,7-8,23H2,(H,25,26)/b15-12+,24-17?. The second-order valence-corrected chi connectivity index (χ2v) is 6.06. The maximum absolute atomic E-state index is 13.9. The lowest BCUT2D eigenvalue weighted by molar-refractivity contribution is 0.0941. The second-order valence-electron chi connectivity index (χ2n) is 6.06. The molecule has 2 aromatic carbocycles. The Morgan fingerprint density at radius 2 is 1.96 bits per heavy atom. The maximum Gasteiger partial charge on any atom is 0.251 e. The highest BCUT2D eigenvalue weighted by atomic mass is 19.1. The number of aliphatic imine (C=N–C) groups is 1. The normalized spacial score (nSPS) is 20.3. The summed E-state index contributed by atoms with van der Waals surface area (Å²) in [5, 5.41) is 2.95. The SMILES string of the molecule is N/C=C1\C(=Nc2ccc(F)cc2F)CCCC1NC(=O)c1ccccc1. The van der Waals surface area contributed by atoms with Crippen molar-refractivity contribution in [2.24, 2.45) is 10.7 Å². The van der Waals surface area contributed by atoms with Crippen molar-refractivity contribution in [1.29, 1.82) is 0 Å². The number of carbonyl (C=O) groups excluding carboxylic acids is 1. The number of benzene rings is 2. The van der Waals surface area contributed by atoms with Gasteiger partial charge in [0.25, 0.3) is 5.91 Å². The zero-order valence-electron chi connectivity index (χ0n) is 14.1. The van der Waals surface area contributed by atoms with Crippen LogP contribution in [-0.4, -0.2) is 17.7 Å². The van der Waals surface area contributed by atoms with Crippen molar-refractivity contribution < 1.29 is 13.6 Å². The number of nitrogens with one attached hydrogen (secondary N) is 1. The highest BCUT2D eigenvalue weighted by Crippen LogP contribution is 2.26. The van der Waals surface area contributed by atoms with Gasteiger partial charge in [0, 0.05) is 29.1 Å². The molecule has 1 aliphatic carbocycles. The minimum atomic E-state index is -0.732. The molecule has 1 fully saturated rings. The maximum atomic E-state index is 13.9. The number of nitrogens with two attached hydrogens (primary N) is 1. The van der Waals surface area contributed by atoms with Crippen LogP contribution in [0.25, 0.3) is 0 Å². The number of carbonyl (C=O) groups is 1. The van der Waals surface area contributed by atoms with Crippen LogP contribution in [-0.2, 0) is 0 Å². The van der Waals surface area contributed by atoms with Crippen molar-refractivity contribution in [3.05, 3.63) is 77.5 Å². The molecule has 0 radical (unpaired) electrons. The Bertz CT molecular complexity index is 863. The van der Waals surface area contributed by atoms with Gasteiger partial charge in [-0.1, -0.05) is 18.2 Å². The van der Waals surface area contributed by atoms with E-state index in [2.05, 4.69) is 10.3 Å². The van der Waals surface area contributed by atoms with Crippen LogP contribution in [0.2, 0.25) is 0 Å². The predicted octanol–water partition coefficient (Wildman–Crippen LogP) is 3.86. The van der Waals surface area contributed by atoms with Crippen LogP contribution < -0.4 is 11.1 Å². The number of halogens is 2. The van der Waals surface area contributed by atoms with Gasteiger partial charge < -0.3 is 11.1 Å². The minimum Gasteiger partial charge on any atom is -0.404 e. The van der Waals surface area contributed by atoms with Crippen LogP contribution in [0, 0.1) is 11.6 Å². The largest absolute Gasteiger partial charge is 0.404 e. The van der Waals surface area contributed by atoms with Crippen LogP contribution in [0.1, 0.15) is 29.6 Å². The van der Waals surface area contributed by atoms with Crippen LogP contribution in [0.15, 0.2) is 65.3 Å². The van der Waals surface area contributed by atoms with E-state index in [-0.39, 0.29) is 17.6 Å². The molecule has 0 aromatic heterocycles. The van der Waals surface area contributed by atoms with Gasteiger partial charge in [0.1, 0.15) is 5.82 Å². The summed E-state index contributed by atoms with van der Waals surface area (Å²) in [5.74, 6) is -1.59. The van der Waals surface area contributed by atoms with Crippen LogP contribution in [0.4, 0.5) is 14.5 Å². The molecule has 1 unspecified atom stereocenters. The Morgan fingerprint density at radius 1 is 1.19 bits per heavy atom. The summed E-state index contributed by atoms with van der Waals surface area (Å²) in [7, 11) is 0. The quantitative estimate of drug-likeness (QED) is 0.878. The number of nitrogens with zero attached hydrogens (tertiary/aromatic N) is 1. The molecule has 1 aliphatic rings. The molecule has 134 valence electrons. The Morgan fingerprint density at radius 3 is 2.65 bits per heavy atom. The van der Waals surface area contributed by atoms with E-state index in [1.54, 1.807) is 24.3 Å². The van der Waals surface area contributed by atoms with E-state index >= 15 is 0 Å². The van der Waals surface area contributed by atoms with Crippen molar-refractivity contribution in [2.45, 2.75) is 25.3 Å². The molecule has 4 nitrogen and oxygen atoms in total. The van der Waals surface area contributed by atoms with Crippen LogP contribution in [0.5, 0.6) is 0 Å². The fourth-order valence-electron chi connectivity index (χ4n) is 3.01. The van der Waals surface area contributed by atoms with Gasteiger partial charge >= 0.3 is 0 Å². The Kier molecular flexibility index (Phi) is 5.41. The molecule has 0 bridgehead atoms. The summed E-state index contributed by atoms with van der Waals surface area (Å²) in [6, 6.07) is 11.8. The van der Waals surface area contributed by atoms with Gasteiger partial charge in [0.15, 0.2) is 5.82 Å². The van der Waals surface area contributed by atoms with E-state index in [0.29, 0.717) is 29.7 Å². The fraction of sp³-hybridized carbons (Fsp3) is 0.200. The highest BCUT2D eigenvalue weighted by molar-refractivity contribution is 6.04. The molecule has 0 heterocycles. The predicted molar refractivity (Wildman–Crippen MR) is 97.3 cm³/mol. The van der Waals surface area contributed by atoms with E-state index in [1.165, 1.54) is 12.3 Å². The van der Waals surface area contributed by atoms with E-state index < -0.39 is 11.6 Å². The molecule has 1 amide bonds. The zero-order valence-corrected chi connectivity index (χ0v) is 14.1. The first-order valence-electron chi connectivity index (χ1n) is 8.39. The van der Waals surface area contributed by atoms with Crippen molar-refractivity contribution in [1.82, 2.24) is 5.32 Å². The molecule has 6 heteroatoms. The second kappa shape index (κ2) is 7.91. The van der Waals surface area contributed by atoms with Crippen molar-refractivity contribution in [3.63, 3.8) is 0 Å². The average Bonchev–Trinajstić information content (AvgIpc) is 2.65. The molecule has 1 saturated carbocycles. The number of amides is 1. The zero-order chi connectivity index (χ0) is 18.5. The molecule has 26 heavy (non-hydrogen) atoms. The van der Waals surface area contributed by atoms with Gasteiger partial charge in [0.2, 0.25) is 0 Å². The third-order valence-electron chi connectivity index (χ3n) is 4.30. The molecule has 0 spiro atoms. The molecule has 3 N–H and O–H groups in total. The summed E-state index contributed by atoms with van der Waals surface area (Å²) in [5.41, 5.74) is 7.63. The van der Waals surface area contributed by atoms with Gasteiger partial charge in [-0.25, -0.2) is 13.8 Å². The molecule has 3 rings (SSSR count). The lowest BCUT2D eigenvalue weighted by Gasteiger charge is -2.27. The van der Waals surface area contributed by atoms with Crippen molar-refractivity contribution >= 4 is 17.3 Å². The average molecular weight is 355 g/mol. The number of rotatable bonds is 3. The summed E-state index contributed by atoms with van der Waals surface area (Å²) in [4.78, 5) is 16.7. The van der Waals surface area contributed by atoms with Gasteiger partial charge in [-0.05, 0) is 43.5 Å². The van der Waals surface area contributed by atoms with Gasteiger partial charge in [-0.15, -0.1) is 0 Å². The van der Waals surface area contributed by atoms with E-state index in [9.17, 15) is 13.6 Å². The molecular weight excluding hydrogens is 336 g/mol. The minimum absolute atomic E-state index is 0.0517. The fourth-order valence-corrected chi connectivity index (χ4v) is 3.01. The van der Waals surface area contributed by atoms with Crippen LogP contribution >= 0.6 is 0 Å². The third kappa shape index (κ3) is 3.96. The third-order valence-corrected chi connectivity index (χ3v) is 4.30. The molecule has 0 saturated heterocycles. The summed E-state index contributed by atoms with van der Waals surface area (Å²) >= 11 is 0. The first-order chi connectivity index (χ1) is 12.6. The Hall–Kier alpha value is -3.02. The van der Waals surface area contributed by atoms with E-state index in [0.717, 1.165) is 18.6 Å². The van der Waals surface area contributed by atoms with Crippen molar-refractivity contribution in [2.75, 3.05) is 0 Å². The van der Waals surface area contributed by atoms with Gasteiger partial charge in [-0.3, -0.25) is 4.79 Å². The molecule has 1 atom stereocenters. The summed E-state index contributed by atoms with van der Waals surface area (Å²) < 4.78 is 27.0. The Labute approximate surface area is 150 Å². The van der Waals surface area contributed by atoms with Gasteiger partial charge in [-0.2, -0.15) is 0 Å². The van der Waals surface area contributed by atoms with E-state index in [1.807, 2.05) is 6.07 Å². The molecule has 2 aromatic rings. The first kappa shape index (κ1) is 17.8. The smallest absolute Gasteiger partial charge is 0.251 e. The summed E-state index contributed by atoms with van der Waals surface area (Å²) in [6.07, 6.45) is 3.50. The first-order valence-corrected chi connectivity index (χ1v) is 8.39. The molecule has 0 aliphatic heterocycles. The number of hydrogen-bond donors (Lipinski definition) is 2. The topological polar surface area (TPSA) is 67.5 Å².